The first-order valence-corrected chi connectivity index (χ1v) is 4.34. The molecule has 0 aliphatic rings. The van der Waals surface area contributed by atoms with Crippen molar-refractivity contribution >= 4 is 8.25 Å². The monoisotopic (exact) mass is 165 g/mol. The van der Waals surface area contributed by atoms with E-state index in [-0.39, 0.29) is 5.41 Å². The molecule has 0 amide bonds. The SMILES string of the molecule is CC(C)(C)CCO[P](=O)O. The van der Waals surface area contributed by atoms with Gasteiger partial charge in [0, 0.05) is 0 Å². The lowest BCUT2D eigenvalue weighted by Gasteiger charge is -2.16. The summed E-state index contributed by atoms with van der Waals surface area (Å²) in [6.07, 6.45) is 0.800. The van der Waals surface area contributed by atoms with Crippen molar-refractivity contribution in [3.05, 3.63) is 0 Å². The van der Waals surface area contributed by atoms with Crippen molar-refractivity contribution in [3.8, 4) is 0 Å². The first-order valence-electron chi connectivity index (χ1n) is 3.21. The molecule has 0 aliphatic carbocycles. The minimum Gasteiger partial charge on any atom is -0.298 e. The smallest absolute Gasteiger partial charge is 0.298 e. The van der Waals surface area contributed by atoms with Crippen molar-refractivity contribution in [2.45, 2.75) is 27.2 Å². The van der Waals surface area contributed by atoms with E-state index in [0.29, 0.717) is 6.61 Å². The molecule has 0 spiro atoms. The highest BCUT2D eigenvalue weighted by atomic mass is 31.1. The van der Waals surface area contributed by atoms with E-state index in [9.17, 15) is 4.57 Å². The largest absolute Gasteiger partial charge is 0.366 e. The van der Waals surface area contributed by atoms with Crippen LogP contribution in [0.15, 0.2) is 0 Å². The van der Waals surface area contributed by atoms with E-state index in [0.717, 1.165) is 6.42 Å². The van der Waals surface area contributed by atoms with Gasteiger partial charge in [-0.3, -0.25) is 9.42 Å². The molecule has 0 fully saturated rings. The lowest BCUT2D eigenvalue weighted by atomic mass is 9.93. The van der Waals surface area contributed by atoms with Crippen LogP contribution in [0.25, 0.3) is 0 Å². The van der Waals surface area contributed by atoms with Crippen LogP contribution in [0, 0.1) is 5.41 Å². The first kappa shape index (κ1) is 10.0. The highest BCUT2D eigenvalue weighted by molar-refractivity contribution is 7.32. The minimum atomic E-state index is -2.40. The van der Waals surface area contributed by atoms with E-state index >= 15 is 0 Å². The number of rotatable bonds is 3. The van der Waals surface area contributed by atoms with Gasteiger partial charge < -0.3 is 0 Å². The molecule has 1 N–H and O–H groups in total. The predicted molar refractivity (Wildman–Crippen MR) is 39.8 cm³/mol. The van der Waals surface area contributed by atoms with E-state index < -0.39 is 8.25 Å². The third kappa shape index (κ3) is 8.02. The standard InChI is InChI=1S/C6H14O3P/c1-6(2,3)4-5-9-10(7)8/h4-5H2,1-3H3,(H,7,8). The molecule has 0 heterocycles. The summed E-state index contributed by atoms with van der Waals surface area (Å²) >= 11 is 0. The summed E-state index contributed by atoms with van der Waals surface area (Å²) in [7, 11) is -2.40. The second-order valence-electron chi connectivity index (χ2n) is 3.38. The summed E-state index contributed by atoms with van der Waals surface area (Å²) in [5.41, 5.74) is 0.172. The molecule has 0 aromatic rings. The van der Waals surface area contributed by atoms with E-state index in [1.54, 1.807) is 0 Å². The van der Waals surface area contributed by atoms with Crippen LogP contribution in [-0.4, -0.2) is 11.5 Å². The molecule has 0 aromatic heterocycles. The lowest BCUT2D eigenvalue weighted by molar-refractivity contribution is 0.229. The van der Waals surface area contributed by atoms with Gasteiger partial charge in [0.1, 0.15) is 0 Å². The van der Waals surface area contributed by atoms with E-state index in [1.165, 1.54) is 0 Å². The maximum absolute atomic E-state index is 10.0. The summed E-state index contributed by atoms with van der Waals surface area (Å²) in [6.45, 7) is 6.53. The van der Waals surface area contributed by atoms with Crippen LogP contribution in [-0.2, 0) is 9.09 Å². The van der Waals surface area contributed by atoms with Gasteiger partial charge in [0.2, 0.25) is 0 Å². The Morgan fingerprint density at radius 3 is 2.30 bits per heavy atom. The fourth-order valence-corrected chi connectivity index (χ4v) is 0.677. The highest BCUT2D eigenvalue weighted by Gasteiger charge is 2.09. The molecule has 4 heteroatoms. The van der Waals surface area contributed by atoms with Gasteiger partial charge in [-0.05, 0) is 11.8 Å². The van der Waals surface area contributed by atoms with Gasteiger partial charge in [0.05, 0.1) is 6.61 Å². The number of hydrogen-bond acceptors (Lipinski definition) is 2. The lowest BCUT2D eigenvalue weighted by Crippen LogP contribution is -2.07. The zero-order chi connectivity index (χ0) is 8.20. The van der Waals surface area contributed by atoms with Crippen LogP contribution in [0.5, 0.6) is 0 Å². The molecule has 0 saturated heterocycles. The van der Waals surface area contributed by atoms with Crippen molar-refractivity contribution in [1.29, 1.82) is 0 Å². The van der Waals surface area contributed by atoms with Crippen LogP contribution in [0.3, 0.4) is 0 Å². The Bertz CT molecular complexity index is 117. The molecular formula is C6H14O3P. The van der Waals surface area contributed by atoms with E-state index in [4.69, 9.17) is 4.89 Å². The van der Waals surface area contributed by atoms with Gasteiger partial charge in [0.15, 0.2) is 0 Å². The quantitative estimate of drug-likeness (QED) is 0.651. The van der Waals surface area contributed by atoms with Crippen LogP contribution in [0.4, 0.5) is 0 Å². The molecule has 10 heavy (non-hydrogen) atoms. The van der Waals surface area contributed by atoms with Crippen molar-refractivity contribution < 1.29 is 14.0 Å². The van der Waals surface area contributed by atoms with Crippen molar-refractivity contribution in [2.75, 3.05) is 6.61 Å². The van der Waals surface area contributed by atoms with Crippen molar-refractivity contribution in [3.63, 3.8) is 0 Å². The van der Waals surface area contributed by atoms with Gasteiger partial charge >= 0.3 is 8.25 Å². The summed E-state index contributed by atoms with van der Waals surface area (Å²) < 4.78 is 14.5. The fraction of sp³-hybridized carbons (Fsp3) is 1.00. The predicted octanol–water partition coefficient (Wildman–Crippen LogP) is 2.09. The van der Waals surface area contributed by atoms with Crippen LogP contribution in [0.1, 0.15) is 27.2 Å². The topological polar surface area (TPSA) is 46.5 Å². The Balaban J connectivity index is 3.29. The van der Waals surface area contributed by atoms with Gasteiger partial charge in [0.25, 0.3) is 0 Å². The number of hydrogen-bond donors (Lipinski definition) is 1. The zero-order valence-electron chi connectivity index (χ0n) is 6.63. The summed E-state index contributed by atoms with van der Waals surface area (Å²) in [5.74, 6) is 0. The molecular weight excluding hydrogens is 151 g/mol. The maximum atomic E-state index is 10.0. The van der Waals surface area contributed by atoms with E-state index in [2.05, 4.69) is 25.3 Å². The fourth-order valence-electron chi connectivity index (χ4n) is 0.430. The second-order valence-corrected chi connectivity index (χ2v) is 4.12. The molecule has 1 radical (unpaired) electrons. The first-order chi connectivity index (χ1) is 4.42. The molecule has 1 atom stereocenters. The second kappa shape index (κ2) is 4.02. The Hall–Kier alpha value is 0.0200. The van der Waals surface area contributed by atoms with Crippen LogP contribution < -0.4 is 0 Å². The summed E-state index contributed by atoms with van der Waals surface area (Å²) in [5, 5.41) is 0. The highest BCUT2D eigenvalue weighted by Crippen LogP contribution is 2.22. The third-order valence-corrected chi connectivity index (χ3v) is 1.46. The average Bonchev–Trinajstić information content (AvgIpc) is 1.59. The van der Waals surface area contributed by atoms with E-state index in [1.807, 2.05) is 0 Å². The average molecular weight is 165 g/mol. The van der Waals surface area contributed by atoms with Gasteiger partial charge in [-0.15, -0.1) is 0 Å². The summed E-state index contributed by atoms with van der Waals surface area (Å²) in [6, 6.07) is 0. The van der Waals surface area contributed by atoms with Crippen molar-refractivity contribution in [1.82, 2.24) is 0 Å². The van der Waals surface area contributed by atoms with Crippen LogP contribution in [0.2, 0.25) is 0 Å². The molecule has 0 bridgehead atoms. The molecule has 0 aromatic carbocycles. The summed E-state index contributed by atoms with van der Waals surface area (Å²) in [4.78, 5) is 8.24. The van der Waals surface area contributed by atoms with Gasteiger partial charge in [-0.1, -0.05) is 20.8 Å². The molecule has 0 saturated carbocycles. The molecule has 0 rings (SSSR count). The molecule has 3 nitrogen and oxygen atoms in total. The molecule has 1 unspecified atom stereocenters. The Morgan fingerprint density at radius 1 is 1.50 bits per heavy atom. The zero-order valence-corrected chi connectivity index (χ0v) is 7.52. The van der Waals surface area contributed by atoms with Crippen LogP contribution >= 0.6 is 8.25 Å². The van der Waals surface area contributed by atoms with Crippen molar-refractivity contribution in [2.24, 2.45) is 5.41 Å². The van der Waals surface area contributed by atoms with Gasteiger partial charge in [-0.25, -0.2) is 4.57 Å². The third-order valence-electron chi connectivity index (χ3n) is 1.05. The molecule has 0 aliphatic heterocycles. The Morgan fingerprint density at radius 2 is 2.00 bits per heavy atom. The minimum absolute atomic E-state index is 0.172. The van der Waals surface area contributed by atoms with Gasteiger partial charge in [-0.2, -0.15) is 0 Å². The molecule has 61 valence electrons. The Kier molecular flexibility index (Phi) is 4.02. The maximum Gasteiger partial charge on any atom is 0.366 e. The Labute approximate surface area is 62.3 Å². The normalized spacial score (nSPS) is 13.4.